The lowest BCUT2D eigenvalue weighted by atomic mass is 9.87. The predicted octanol–water partition coefficient (Wildman–Crippen LogP) is 6.67. The summed E-state index contributed by atoms with van der Waals surface area (Å²) in [5.41, 5.74) is 3.63. The van der Waals surface area contributed by atoms with Crippen LogP contribution < -0.4 is 15.4 Å². The summed E-state index contributed by atoms with van der Waals surface area (Å²) in [6.07, 6.45) is 0.976. The van der Waals surface area contributed by atoms with E-state index in [2.05, 4.69) is 38.3 Å². The van der Waals surface area contributed by atoms with Gasteiger partial charge in [-0.3, -0.25) is 9.59 Å². The fourth-order valence-electron chi connectivity index (χ4n) is 3.19. The van der Waals surface area contributed by atoms with Gasteiger partial charge in [0.15, 0.2) is 0 Å². The molecule has 0 saturated heterocycles. The zero-order valence-electron chi connectivity index (χ0n) is 19.9. The monoisotopic (exact) mass is 444 g/mol. The number of carbonyl (C=O) groups is 2. The third kappa shape index (κ3) is 6.69. The summed E-state index contributed by atoms with van der Waals surface area (Å²) in [5, 5.41) is 5.77. The van der Waals surface area contributed by atoms with E-state index in [0.29, 0.717) is 28.3 Å². The Balaban J connectivity index is 1.60. The number of rotatable bonds is 7. The maximum atomic E-state index is 12.6. The maximum absolute atomic E-state index is 12.6. The summed E-state index contributed by atoms with van der Waals surface area (Å²) in [4.78, 5) is 25.2. The van der Waals surface area contributed by atoms with E-state index in [0.717, 1.165) is 6.42 Å². The van der Waals surface area contributed by atoms with Crippen LogP contribution in [-0.2, 0) is 5.41 Å². The van der Waals surface area contributed by atoms with Gasteiger partial charge >= 0.3 is 0 Å². The summed E-state index contributed by atoms with van der Waals surface area (Å²) in [7, 11) is 0. The molecule has 0 fully saturated rings. The molecule has 5 nitrogen and oxygen atoms in total. The summed E-state index contributed by atoms with van der Waals surface area (Å²) >= 11 is 0. The molecule has 0 radical (unpaired) electrons. The lowest BCUT2D eigenvalue weighted by molar-refractivity contribution is 0.101. The lowest BCUT2D eigenvalue weighted by Gasteiger charge is -2.19. The molecule has 2 N–H and O–H groups in total. The van der Waals surface area contributed by atoms with Crippen molar-refractivity contribution in [1.29, 1.82) is 0 Å². The van der Waals surface area contributed by atoms with Crippen LogP contribution in [0.3, 0.4) is 0 Å². The molecule has 0 aliphatic rings. The fraction of sp³-hybridized carbons (Fsp3) is 0.286. The first-order valence-electron chi connectivity index (χ1n) is 11.3. The smallest absolute Gasteiger partial charge is 0.255 e. The van der Waals surface area contributed by atoms with Crippen LogP contribution in [0.15, 0.2) is 72.8 Å². The first-order valence-corrected chi connectivity index (χ1v) is 11.3. The zero-order valence-corrected chi connectivity index (χ0v) is 19.9. The van der Waals surface area contributed by atoms with Gasteiger partial charge in [-0.2, -0.15) is 0 Å². The van der Waals surface area contributed by atoms with Crippen LogP contribution in [0.5, 0.6) is 5.75 Å². The second-order valence-corrected chi connectivity index (χ2v) is 9.18. The van der Waals surface area contributed by atoms with Gasteiger partial charge < -0.3 is 15.4 Å². The van der Waals surface area contributed by atoms with Gasteiger partial charge in [-0.1, -0.05) is 45.9 Å². The van der Waals surface area contributed by atoms with Crippen molar-refractivity contribution >= 4 is 23.2 Å². The van der Waals surface area contributed by atoms with Crippen LogP contribution in [0, 0.1) is 0 Å². The molecule has 3 aromatic rings. The van der Waals surface area contributed by atoms with Crippen LogP contribution in [0.25, 0.3) is 0 Å². The Morgan fingerprint density at radius 1 is 0.818 bits per heavy atom. The first-order chi connectivity index (χ1) is 15.7. The van der Waals surface area contributed by atoms with Crippen LogP contribution in [0.4, 0.5) is 11.4 Å². The van der Waals surface area contributed by atoms with E-state index in [4.69, 9.17) is 4.74 Å². The minimum atomic E-state index is -0.222. The Bertz CT molecular complexity index is 1100. The van der Waals surface area contributed by atoms with Crippen LogP contribution in [0.1, 0.15) is 67.3 Å². The van der Waals surface area contributed by atoms with Crippen molar-refractivity contribution in [2.75, 3.05) is 10.6 Å². The highest BCUT2D eigenvalue weighted by Gasteiger charge is 2.14. The number of hydrogen-bond acceptors (Lipinski definition) is 3. The summed E-state index contributed by atoms with van der Waals surface area (Å²) in [6.45, 7) is 10.5. The van der Waals surface area contributed by atoms with Crippen molar-refractivity contribution in [3.8, 4) is 5.75 Å². The molecule has 3 aromatic carbocycles. The van der Waals surface area contributed by atoms with Crippen molar-refractivity contribution in [1.82, 2.24) is 0 Å². The fourth-order valence-corrected chi connectivity index (χ4v) is 3.19. The molecule has 1 unspecified atom stereocenters. The normalized spacial score (nSPS) is 12.0. The van der Waals surface area contributed by atoms with Gasteiger partial charge in [0.1, 0.15) is 5.75 Å². The quantitative estimate of drug-likeness (QED) is 0.428. The third-order valence-corrected chi connectivity index (χ3v) is 5.42. The number of hydrogen-bond donors (Lipinski definition) is 2. The molecular formula is C28H32N2O3. The number of carbonyl (C=O) groups excluding carboxylic acids is 2. The SMILES string of the molecule is CCC(C)Oc1cccc(C(=O)Nc2ccc(NC(=O)c3ccc(C(C)(C)C)cc3)cc2)c1. The number of ether oxygens (including phenoxy) is 1. The molecule has 2 amide bonds. The molecule has 3 rings (SSSR count). The minimum absolute atomic E-state index is 0.0392. The van der Waals surface area contributed by atoms with Crippen LogP contribution in [0.2, 0.25) is 0 Å². The van der Waals surface area contributed by atoms with Gasteiger partial charge in [-0.05, 0) is 78.9 Å². The van der Waals surface area contributed by atoms with Crippen molar-refractivity contribution < 1.29 is 14.3 Å². The van der Waals surface area contributed by atoms with Crippen LogP contribution in [-0.4, -0.2) is 17.9 Å². The Morgan fingerprint density at radius 3 is 1.88 bits per heavy atom. The molecule has 0 aliphatic carbocycles. The van der Waals surface area contributed by atoms with Gasteiger partial charge in [0.05, 0.1) is 6.10 Å². The number of anilines is 2. The van der Waals surface area contributed by atoms with E-state index < -0.39 is 0 Å². The molecular weight excluding hydrogens is 412 g/mol. The molecule has 0 bridgehead atoms. The van der Waals surface area contributed by atoms with Gasteiger partial charge in [0.25, 0.3) is 11.8 Å². The van der Waals surface area contributed by atoms with Crippen molar-refractivity contribution in [2.24, 2.45) is 0 Å². The molecule has 5 heteroatoms. The highest BCUT2D eigenvalue weighted by atomic mass is 16.5. The minimum Gasteiger partial charge on any atom is -0.491 e. The van der Waals surface area contributed by atoms with Gasteiger partial charge in [-0.25, -0.2) is 0 Å². The van der Waals surface area contributed by atoms with Crippen molar-refractivity contribution in [3.63, 3.8) is 0 Å². The summed E-state index contributed by atoms with van der Waals surface area (Å²) in [5.74, 6) is 0.274. The molecule has 0 spiro atoms. The van der Waals surface area contributed by atoms with E-state index in [1.165, 1.54) is 5.56 Å². The predicted molar refractivity (Wildman–Crippen MR) is 134 cm³/mol. The lowest BCUT2D eigenvalue weighted by Crippen LogP contribution is -2.15. The Labute approximate surface area is 196 Å². The maximum Gasteiger partial charge on any atom is 0.255 e. The summed E-state index contributed by atoms with van der Waals surface area (Å²) < 4.78 is 5.80. The molecule has 0 saturated carbocycles. The largest absolute Gasteiger partial charge is 0.491 e. The Morgan fingerprint density at radius 2 is 1.36 bits per heavy atom. The molecule has 33 heavy (non-hydrogen) atoms. The van der Waals surface area contributed by atoms with Crippen LogP contribution >= 0.6 is 0 Å². The number of nitrogens with one attached hydrogen (secondary N) is 2. The second kappa shape index (κ2) is 10.3. The van der Waals surface area contributed by atoms with Crippen molar-refractivity contribution in [3.05, 3.63) is 89.5 Å². The Kier molecular flexibility index (Phi) is 7.54. The molecule has 0 aliphatic heterocycles. The third-order valence-electron chi connectivity index (χ3n) is 5.42. The van der Waals surface area contributed by atoms with E-state index >= 15 is 0 Å². The average Bonchev–Trinajstić information content (AvgIpc) is 2.80. The average molecular weight is 445 g/mol. The molecule has 0 heterocycles. The second-order valence-electron chi connectivity index (χ2n) is 9.18. The summed E-state index contributed by atoms with van der Waals surface area (Å²) in [6, 6.07) is 21.8. The topological polar surface area (TPSA) is 67.4 Å². The van der Waals surface area contributed by atoms with E-state index in [1.807, 2.05) is 37.3 Å². The van der Waals surface area contributed by atoms with Gasteiger partial charge in [-0.15, -0.1) is 0 Å². The standard InChI is InChI=1S/C28H32N2O3/c1-6-19(2)33-25-9-7-8-21(18-25)27(32)30-24-16-14-23(15-17-24)29-26(31)20-10-12-22(13-11-20)28(3,4)5/h7-19H,6H2,1-5H3,(H,29,31)(H,30,32). The number of benzene rings is 3. The highest BCUT2D eigenvalue weighted by molar-refractivity contribution is 6.05. The van der Waals surface area contributed by atoms with E-state index in [-0.39, 0.29) is 23.3 Å². The van der Waals surface area contributed by atoms with Gasteiger partial charge in [0, 0.05) is 22.5 Å². The Hall–Kier alpha value is -3.60. The zero-order chi connectivity index (χ0) is 24.0. The van der Waals surface area contributed by atoms with E-state index in [1.54, 1.807) is 42.5 Å². The molecule has 0 aromatic heterocycles. The molecule has 1 atom stereocenters. The number of amides is 2. The van der Waals surface area contributed by atoms with Crippen molar-refractivity contribution in [2.45, 2.75) is 52.6 Å². The first kappa shape index (κ1) is 24.1. The van der Waals surface area contributed by atoms with E-state index in [9.17, 15) is 9.59 Å². The highest BCUT2D eigenvalue weighted by Crippen LogP contribution is 2.23. The molecule has 172 valence electrons. The van der Waals surface area contributed by atoms with Gasteiger partial charge in [0.2, 0.25) is 0 Å².